The van der Waals surface area contributed by atoms with Crippen molar-refractivity contribution in [1.82, 2.24) is 20.2 Å². The van der Waals surface area contributed by atoms with Gasteiger partial charge in [0.1, 0.15) is 5.82 Å². The van der Waals surface area contributed by atoms with E-state index < -0.39 is 0 Å². The number of rotatable bonds is 7. The van der Waals surface area contributed by atoms with Crippen LogP contribution in [0.25, 0.3) is 33.9 Å². The molecule has 2 N–H and O–H groups in total. The number of carbonyl (C=O) groups is 2. The Balaban J connectivity index is 1.19. The summed E-state index contributed by atoms with van der Waals surface area (Å²) in [4.78, 5) is 31.5. The minimum Gasteiger partial charge on any atom is -0.411 e. The van der Waals surface area contributed by atoms with Crippen molar-refractivity contribution in [3.8, 4) is 22.8 Å². The van der Waals surface area contributed by atoms with Crippen LogP contribution in [0.3, 0.4) is 0 Å². The lowest BCUT2D eigenvalue weighted by Gasteiger charge is -2.04. The topological polar surface area (TPSA) is 114 Å². The first kappa shape index (κ1) is 21.6. The van der Waals surface area contributed by atoms with Crippen molar-refractivity contribution >= 4 is 40.2 Å². The van der Waals surface area contributed by atoms with E-state index in [1.807, 2.05) is 48.5 Å². The first-order chi connectivity index (χ1) is 16.5. The number of Topliss-reactive ketones (excluding diaryl/α,β-unsaturated/α-hetero) is 1. The predicted molar refractivity (Wildman–Crippen MR) is 131 cm³/mol. The van der Waals surface area contributed by atoms with Gasteiger partial charge in [-0.1, -0.05) is 36.0 Å². The van der Waals surface area contributed by atoms with E-state index >= 15 is 0 Å². The summed E-state index contributed by atoms with van der Waals surface area (Å²) in [5.74, 6) is 1.04. The number of imidazole rings is 1. The van der Waals surface area contributed by atoms with Crippen molar-refractivity contribution in [3.63, 3.8) is 0 Å². The Morgan fingerprint density at radius 3 is 2.41 bits per heavy atom. The summed E-state index contributed by atoms with van der Waals surface area (Å²) in [6.45, 7) is 1.50. The third kappa shape index (κ3) is 4.74. The average Bonchev–Trinajstić information content (AvgIpc) is 3.50. The molecule has 0 unspecified atom stereocenters. The first-order valence-electron chi connectivity index (χ1n) is 10.5. The summed E-state index contributed by atoms with van der Waals surface area (Å²) >= 11 is 1.15. The van der Waals surface area contributed by atoms with Crippen molar-refractivity contribution in [2.45, 2.75) is 12.1 Å². The van der Waals surface area contributed by atoms with Crippen molar-refractivity contribution < 1.29 is 14.0 Å². The molecule has 8 nitrogen and oxygen atoms in total. The van der Waals surface area contributed by atoms with Crippen LogP contribution in [0.1, 0.15) is 17.3 Å². The summed E-state index contributed by atoms with van der Waals surface area (Å²) in [6.07, 6.45) is 0. The Kier molecular flexibility index (Phi) is 5.92. The number of aromatic nitrogens is 4. The fourth-order valence-corrected chi connectivity index (χ4v) is 3.92. The number of amides is 1. The van der Waals surface area contributed by atoms with Gasteiger partial charge in [0, 0.05) is 22.4 Å². The third-order valence-electron chi connectivity index (χ3n) is 5.10. The van der Waals surface area contributed by atoms with Crippen LogP contribution in [-0.2, 0) is 4.79 Å². The average molecular weight is 470 g/mol. The molecule has 0 atom stereocenters. The maximum absolute atomic E-state index is 12.2. The minimum absolute atomic E-state index is 0.0233. The van der Waals surface area contributed by atoms with Gasteiger partial charge in [0.15, 0.2) is 5.78 Å². The Hall–Kier alpha value is -4.24. The van der Waals surface area contributed by atoms with Gasteiger partial charge in [-0.3, -0.25) is 9.59 Å². The number of nitrogens with zero attached hydrogens (tertiary/aromatic N) is 3. The van der Waals surface area contributed by atoms with E-state index in [2.05, 4.69) is 25.5 Å². The number of thioether (sulfide) groups is 1. The van der Waals surface area contributed by atoms with Crippen LogP contribution < -0.4 is 5.32 Å². The van der Waals surface area contributed by atoms with Gasteiger partial charge in [0.25, 0.3) is 5.22 Å². The predicted octanol–water partition coefficient (Wildman–Crippen LogP) is 5.21. The lowest BCUT2D eigenvalue weighted by molar-refractivity contribution is -0.113. The molecular weight excluding hydrogens is 450 g/mol. The van der Waals surface area contributed by atoms with Crippen molar-refractivity contribution in [1.29, 1.82) is 0 Å². The van der Waals surface area contributed by atoms with E-state index in [0.29, 0.717) is 22.4 Å². The summed E-state index contributed by atoms with van der Waals surface area (Å²) < 4.78 is 5.71. The number of hydrogen-bond acceptors (Lipinski definition) is 7. The second-order valence-corrected chi connectivity index (χ2v) is 8.45. The highest BCUT2D eigenvalue weighted by atomic mass is 32.2. The van der Waals surface area contributed by atoms with Crippen molar-refractivity contribution in [2.75, 3.05) is 11.1 Å². The van der Waals surface area contributed by atoms with Crippen LogP contribution in [0.5, 0.6) is 0 Å². The monoisotopic (exact) mass is 469 g/mol. The molecule has 168 valence electrons. The van der Waals surface area contributed by atoms with E-state index in [1.54, 1.807) is 24.3 Å². The summed E-state index contributed by atoms with van der Waals surface area (Å²) in [5, 5.41) is 11.2. The normalized spacial score (nSPS) is 11.0. The Bertz CT molecular complexity index is 1440. The molecule has 5 aromatic rings. The fraction of sp³-hybridized carbons (Fsp3) is 0.0800. The third-order valence-corrected chi connectivity index (χ3v) is 5.92. The van der Waals surface area contributed by atoms with Crippen LogP contribution in [0.2, 0.25) is 0 Å². The molecule has 0 saturated heterocycles. The number of hydrogen-bond donors (Lipinski definition) is 2. The number of benzene rings is 3. The minimum atomic E-state index is -0.212. The SMILES string of the molecule is CC(=O)c1ccc(NC(=O)CSc2nnc(-c3ccc(-c4nc5ccccc5[nH]4)cc3)o2)cc1. The van der Waals surface area contributed by atoms with Gasteiger partial charge < -0.3 is 14.7 Å². The molecule has 0 saturated carbocycles. The zero-order chi connectivity index (χ0) is 23.5. The standard InChI is InChI=1S/C25H19N5O3S/c1-15(31)16-10-12-19(13-11-16)26-22(32)14-34-25-30-29-24(33-25)18-8-6-17(7-9-18)23-27-20-4-2-3-5-21(20)28-23/h2-13H,14H2,1H3,(H,26,32)(H,27,28). The number of para-hydroxylation sites is 2. The second-order valence-electron chi connectivity index (χ2n) is 7.52. The molecule has 9 heteroatoms. The molecule has 5 rings (SSSR count). The number of H-pyrrole nitrogens is 1. The van der Waals surface area contributed by atoms with Gasteiger partial charge in [0.2, 0.25) is 11.8 Å². The lowest BCUT2D eigenvalue weighted by Crippen LogP contribution is -2.14. The molecular formula is C25H19N5O3S. The van der Waals surface area contributed by atoms with Gasteiger partial charge in [-0.15, -0.1) is 10.2 Å². The lowest BCUT2D eigenvalue weighted by atomic mass is 10.1. The zero-order valence-electron chi connectivity index (χ0n) is 18.1. The van der Waals surface area contributed by atoms with Gasteiger partial charge in [-0.05, 0) is 55.5 Å². The Morgan fingerprint density at radius 2 is 1.68 bits per heavy atom. The van der Waals surface area contributed by atoms with Gasteiger partial charge >= 0.3 is 0 Å². The molecule has 0 aliphatic carbocycles. The Morgan fingerprint density at radius 1 is 0.941 bits per heavy atom. The molecule has 3 aromatic carbocycles. The molecule has 0 fully saturated rings. The van der Waals surface area contributed by atoms with Crippen molar-refractivity contribution in [2.24, 2.45) is 0 Å². The number of nitrogens with one attached hydrogen (secondary N) is 2. The molecule has 34 heavy (non-hydrogen) atoms. The molecule has 0 aliphatic heterocycles. The molecule has 2 heterocycles. The van der Waals surface area contributed by atoms with Gasteiger partial charge in [-0.25, -0.2) is 4.98 Å². The number of carbonyl (C=O) groups excluding carboxylic acids is 2. The summed E-state index contributed by atoms with van der Waals surface area (Å²) in [5.41, 5.74) is 4.83. The molecule has 1 amide bonds. The van der Waals surface area contributed by atoms with Crippen molar-refractivity contribution in [3.05, 3.63) is 78.4 Å². The number of anilines is 1. The van der Waals surface area contributed by atoms with E-state index in [9.17, 15) is 9.59 Å². The molecule has 0 aliphatic rings. The number of aromatic amines is 1. The van der Waals surface area contributed by atoms with Crippen LogP contribution in [0.15, 0.2) is 82.4 Å². The smallest absolute Gasteiger partial charge is 0.277 e. The highest BCUT2D eigenvalue weighted by molar-refractivity contribution is 7.99. The first-order valence-corrected chi connectivity index (χ1v) is 11.5. The molecule has 0 bridgehead atoms. The fourth-order valence-electron chi connectivity index (χ4n) is 3.36. The van der Waals surface area contributed by atoms with E-state index in [4.69, 9.17) is 4.42 Å². The quantitative estimate of drug-likeness (QED) is 0.248. The molecule has 0 spiro atoms. The van der Waals surface area contributed by atoms with Gasteiger partial charge in [-0.2, -0.15) is 0 Å². The molecule has 0 radical (unpaired) electrons. The van der Waals surface area contributed by atoms with Gasteiger partial charge in [0.05, 0.1) is 16.8 Å². The molecule has 2 aromatic heterocycles. The zero-order valence-corrected chi connectivity index (χ0v) is 18.9. The van der Waals surface area contributed by atoms with Crippen LogP contribution in [-0.4, -0.2) is 37.6 Å². The van der Waals surface area contributed by atoms with Crippen LogP contribution >= 0.6 is 11.8 Å². The van der Waals surface area contributed by atoms with E-state index in [1.165, 1.54) is 6.92 Å². The summed E-state index contributed by atoms with van der Waals surface area (Å²) in [6, 6.07) is 22.3. The second kappa shape index (κ2) is 9.32. The van der Waals surface area contributed by atoms with E-state index in [-0.39, 0.29) is 17.4 Å². The number of ketones is 1. The highest BCUT2D eigenvalue weighted by Crippen LogP contribution is 2.26. The Labute approximate surface area is 198 Å². The summed E-state index contributed by atoms with van der Waals surface area (Å²) in [7, 11) is 0. The largest absolute Gasteiger partial charge is 0.411 e. The maximum atomic E-state index is 12.2. The van der Waals surface area contributed by atoms with E-state index in [0.717, 1.165) is 39.7 Å². The number of fused-ring (bicyclic) bond motifs is 1. The van der Waals surface area contributed by atoms with Crippen LogP contribution in [0.4, 0.5) is 5.69 Å². The maximum Gasteiger partial charge on any atom is 0.277 e. The van der Waals surface area contributed by atoms with Crippen LogP contribution in [0, 0.1) is 0 Å². The highest BCUT2D eigenvalue weighted by Gasteiger charge is 2.13.